The van der Waals surface area contributed by atoms with Crippen molar-refractivity contribution in [3.05, 3.63) is 72.7 Å². The van der Waals surface area contributed by atoms with E-state index in [1.165, 1.54) is 6.20 Å². The first-order chi connectivity index (χ1) is 9.83. The van der Waals surface area contributed by atoms with Gasteiger partial charge in [-0.15, -0.1) is 0 Å². The first-order valence-corrected chi connectivity index (χ1v) is 6.15. The summed E-state index contributed by atoms with van der Waals surface area (Å²) < 4.78 is 1.71. The van der Waals surface area contributed by atoms with Crippen LogP contribution in [-0.4, -0.2) is 20.7 Å². The second-order valence-electron chi connectivity index (χ2n) is 4.18. The van der Waals surface area contributed by atoms with Crippen molar-refractivity contribution in [3.8, 4) is 5.69 Å². The Balaban J connectivity index is 1.77. The second-order valence-corrected chi connectivity index (χ2v) is 4.18. The number of hydrogen-bond acceptors (Lipinski definition) is 3. The first kappa shape index (κ1) is 12.1. The fourth-order valence-corrected chi connectivity index (χ4v) is 1.80. The van der Waals surface area contributed by atoms with E-state index in [1.54, 1.807) is 35.3 Å². The molecular formula is C15H12N4O. The monoisotopic (exact) mass is 264 g/mol. The van der Waals surface area contributed by atoms with Crippen molar-refractivity contribution in [1.82, 2.24) is 14.8 Å². The molecule has 0 aliphatic rings. The Hall–Kier alpha value is -2.95. The minimum absolute atomic E-state index is 0.226. The average Bonchev–Trinajstić information content (AvgIpc) is 2.97. The highest BCUT2D eigenvalue weighted by Gasteiger charge is 2.08. The number of anilines is 1. The Morgan fingerprint density at radius 1 is 1.05 bits per heavy atom. The summed E-state index contributed by atoms with van der Waals surface area (Å²) in [5.74, 6) is 0.277. The van der Waals surface area contributed by atoms with Gasteiger partial charge in [-0.1, -0.05) is 18.2 Å². The van der Waals surface area contributed by atoms with E-state index in [-0.39, 0.29) is 5.91 Å². The van der Waals surface area contributed by atoms with Crippen LogP contribution in [0.5, 0.6) is 0 Å². The van der Waals surface area contributed by atoms with Crippen LogP contribution in [0.25, 0.3) is 5.69 Å². The van der Waals surface area contributed by atoms with Gasteiger partial charge in [-0.05, 0) is 24.3 Å². The predicted molar refractivity (Wildman–Crippen MR) is 75.8 cm³/mol. The summed E-state index contributed by atoms with van der Waals surface area (Å²) >= 11 is 0. The number of hydrogen-bond donors (Lipinski definition) is 1. The Bertz CT molecular complexity index is 707. The van der Waals surface area contributed by atoms with Gasteiger partial charge in [-0.2, -0.15) is 5.10 Å². The van der Waals surface area contributed by atoms with E-state index < -0.39 is 0 Å². The summed E-state index contributed by atoms with van der Waals surface area (Å²) in [6.45, 7) is 0. The smallest absolute Gasteiger partial charge is 0.258 e. The molecule has 20 heavy (non-hydrogen) atoms. The minimum Gasteiger partial charge on any atom is -0.305 e. The molecule has 2 aromatic heterocycles. The minimum atomic E-state index is -0.226. The number of carbonyl (C=O) groups is 1. The zero-order valence-corrected chi connectivity index (χ0v) is 10.6. The molecule has 0 atom stereocenters. The summed E-state index contributed by atoms with van der Waals surface area (Å²) in [6.07, 6.45) is 4.94. The van der Waals surface area contributed by atoms with Crippen molar-refractivity contribution in [3.63, 3.8) is 0 Å². The van der Waals surface area contributed by atoms with Crippen LogP contribution < -0.4 is 5.32 Å². The Labute approximate surface area is 115 Å². The van der Waals surface area contributed by atoms with Crippen molar-refractivity contribution in [2.45, 2.75) is 0 Å². The fourth-order valence-electron chi connectivity index (χ4n) is 1.80. The Morgan fingerprint density at radius 2 is 1.90 bits per heavy atom. The van der Waals surface area contributed by atoms with Gasteiger partial charge in [0.15, 0.2) is 5.82 Å². The van der Waals surface area contributed by atoms with Crippen LogP contribution in [0.1, 0.15) is 10.4 Å². The summed E-state index contributed by atoms with van der Waals surface area (Å²) in [5, 5.41) is 7.05. The number of carbonyl (C=O) groups excluding carboxylic acids is 1. The van der Waals surface area contributed by atoms with Gasteiger partial charge in [0.2, 0.25) is 0 Å². The summed E-state index contributed by atoms with van der Waals surface area (Å²) in [7, 11) is 0. The highest BCUT2D eigenvalue weighted by Crippen LogP contribution is 2.10. The number of aromatic nitrogens is 3. The number of rotatable bonds is 3. The molecule has 0 bridgehead atoms. The van der Waals surface area contributed by atoms with Crippen LogP contribution in [0.15, 0.2) is 67.1 Å². The lowest BCUT2D eigenvalue weighted by atomic mass is 10.3. The highest BCUT2D eigenvalue weighted by atomic mass is 16.1. The SMILES string of the molecule is O=C(Nc1ccn(-c2ccccc2)n1)c1cccnc1. The zero-order chi connectivity index (χ0) is 13.8. The molecule has 3 aromatic rings. The standard InChI is InChI=1S/C15H12N4O/c20-15(12-5-4-9-16-11-12)17-14-8-10-19(18-14)13-6-2-1-3-7-13/h1-11H,(H,17,18,20). The number of pyridine rings is 1. The fraction of sp³-hybridized carbons (Fsp3) is 0. The van der Waals surface area contributed by atoms with E-state index >= 15 is 0 Å². The molecule has 0 radical (unpaired) electrons. The van der Waals surface area contributed by atoms with Crippen LogP contribution in [0.3, 0.4) is 0 Å². The highest BCUT2D eigenvalue weighted by molar-refractivity contribution is 6.03. The summed E-state index contributed by atoms with van der Waals surface area (Å²) in [5.41, 5.74) is 1.44. The molecule has 0 unspecified atom stereocenters. The molecule has 5 heteroatoms. The lowest BCUT2D eigenvalue weighted by molar-refractivity contribution is 0.102. The molecule has 98 valence electrons. The largest absolute Gasteiger partial charge is 0.305 e. The van der Waals surface area contributed by atoms with Gasteiger partial charge in [0.25, 0.3) is 5.91 Å². The Kier molecular flexibility index (Phi) is 3.24. The van der Waals surface area contributed by atoms with E-state index in [0.29, 0.717) is 11.4 Å². The van der Waals surface area contributed by atoms with Gasteiger partial charge in [-0.3, -0.25) is 9.78 Å². The van der Waals surface area contributed by atoms with Crippen molar-refractivity contribution in [1.29, 1.82) is 0 Å². The van der Waals surface area contributed by atoms with Crippen molar-refractivity contribution >= 4 is 11.7 Å². The third-order valence-corrected chi connectivity index (χ3v) is 2.78. The van der Waals surface area contributed by atoms with E-state index in [9.17, 15) is 4.79 Å². The van der Waals surface area contributed by atoms with Crippen LogP contribution in [0.4, 0.5) is 5.82 Å². The predicted octanol–water partition coefficient (Wildman–Crippen LogP) is 2.52. The molecule has 0 aliphatic heterocycles. The first-order valence-electron chi connectivity index (χ1n) is 6.15. The summed E-state index contributed by atoms with van der Waals surface area (Å²) in [4.78, 5) is 15.9. The molecule has 0 aliphatic carbocycles. The van der Waals surface area contributed by atoms with Gasteiger partial charge in [0.05, 0.1) is 11.3 Å². The normalized spacial score (nSPS) is 10.2. The number of amides is 1. The molecule has 1 aromatic carbocycles. The maximum absolute atomic E-state index is 12.0. The van der Waals surface area contributed by atoms with E-state index in [0.717, 1.165) is 5.69 Å². The van der Waals surface area contributed by atoms with Crippen molar-refractivity contribution in [2.24, 2.45) is 0 Å². The van der Waals surface area contributed by atoms with Crippen molar-refractivity contribution in [2.75, 3.05) is 5.32 Å². The summed E-state index contributed by atoms with van der Waals surface area (Å²) in [6, 6.07) is 14.9. The van der Waals surface area contributed by atoms with Gasteiger partial charge < -0.3 is 5.32 Å². The molecular weight excluding hydrogens is 252 g/mol. The van der Waals surface area contributed by atoms with Gasteiger partial charge in [0.1, 0.15) is 0 Å². The molecule has 5 nitrogen and oxygen atoms in total. The number of nitrogens with one attached hydrogen (secondary N) is 1. The topological polar surface area (TPSA) is 59.8 Å². The third-order valence-electron chi connectivity index (χ3n) is 2.78. The molecule has 2 heterocycles. The van der Waals surface area contributed by atoms with Crippen molar-refractivity contribution < 1.29 is 4.79 Å². The van der Waals surface area contributed by atoms with Crippen LogP contribution >= 0.6 is 0 Å². The van der Waals surface area contributed by atoms with E-state index in [2.05, 4.69) is 15.4 Å². The van der Waals surface area contributed by atoms with E-state index in [1.807, 2.05) is 30.3 Å². The molecule has 0 fully saturated rings. The third kappa shape index (κ3) is 2.56. The number of nitrogens with zero attached hydrogens (tertiary/aromatic N) is 3. The van der Waals surface area contributed by atoms with Crippen LogP contribution in [0.2, 0.25) is 0 Å². The second kappa shape index (κ2) is 5.36. The number of benzene rings is 1. The van der Waals surface area contributed by atoms with Gasteiger partial charge >= 0.3 is 0 Å². The van der Waals surface area contributed by atoms with Crippen LogP contribution in [0, 0.1) is 0 Å². The lowest BCUT2D eigenvalue weighted by Crippen LogP contribution is -2.12. The molecule has 1 amide bonds. The van der Waals surface area contributed by atoms with Gasteiger partial charge in [0, 0.05) is 24.7 Å². The molecule has 0 spiro atoms. The maximum Gasteiger partial charge on any atom is 0.258 e. The average molecular weight is 264 g/mol. The molecule has 1 N–H and O–H groups in total. The maximum atomic E-state index is 12.0. The van der Waals surface area contributed by atoms with E-state index in [4.69, 9.17) is 0 Å². The van der Waals surface area contributed by atoms with Crippen LogP contribution in [-0.2, 0) is 0 Å². The Morgan fingerprint density at radius 3 is 2.65 bits per heavy atom. The quantitative estimate of drug-likeness (QED) is 0.790. The molecule has 0 saturated carbocycles. The number of para-hydroxylation sites is 1. The molecule has 0 saturated heterocycles. The van der Waals surface area contributed by atoms with Gasteiger partial charge in [-0.25, -0.2) is 4.68 Å². The molecule has 3 rings (SSSR count). The zero-order valence-electron chi connectivity index (χ0n) is 10.6. The lowest BCUT2D eigenvalue weighted by Gasteiger charge is -2.02.